The van der Waals surface area contributed by atoms with Crippen LogP contribution in [-0.4, -0.2) is 0 Å². The molecule has 0 heterocycles. The van der Waals surface area contributed by atoms with E-state index < -0.39 is 0 Å². The molecule has 0 fully saturated rings. The van der Waals surface area contributed by atoms with Crippen LogP contribution in [0, 0.1) is 22.7 Å². The van der Waals surface area contributed by atoms with Crippen LogP contribution >= 0.6 is 0 Å². The first-order valence-electron chi connectivity index (χ1n) is 3.96. The Labute approximate surface area is 69.7 Å². The highest BCUT2D eigenvalue weighted by Crippen LogP contribution is 2.25. The van der Waals surface area contributed by atoms with E-state index in [1.165, 1.54) is 5.57 Å². The van der Waals surface area contributed by atoms with Crippen LogP contribution in [0.1, 0.15) is 34.6 Å². The molecule has 0 N–H and O–H groups in total. The van der Waals surface area contributed by atoms with Gasteiger partial charge in [-0.05, 0) is 19.3 Å². The van der Waals surface area contributed by atoms with Crippen molar-refractivity contribution in [2.45, 2.75) is 34.6 Å². The summed E-state index contributed by atoms with van der Waals surface area (Å²) in [5.41, 5.74) is 1.48. The molecule has 0 aliphatic carbocycles. The number of hydrogen-bond donors (Lipinski definition) is 0. The maximum Gasteiger partial charge on any atom is 0.0694 e. The second-order valence-corrected chi connectivity index (χ2v) is 4.02. The fraction of sp³-hybridized carbons (Fsp3) is 0.700. The molecule has 11 heavy (non-hydrogen) atoms. The van der Waals surface area contributed by atoms with E-state index in [0.717, 1.165) is 0 Å². The van der Waals surface area contributed by atoms with Gasteiger partial charge in [0.15, 0.2) is 0 Å². The molecule has 1 heteroatoms. The second-order valence-electron chi connectivity index (χ2n) is 4.02. The average Bonchev–Trinajstić information content (AvgIpc) is 1.85. The lowest BCUT2D eigenvalue weighted by atomic mass is 9.86. The zero-order valence-electron chi connectivity index (χ0n) is 8.10. The zero-order valence-corrected chi connectivity index (χ0v) is 8.10. The molecule has 0 bridgehead atoms. The summed E-state index contributed by atoms with van der Waals surface area (Å²) < 4.78 is 0. The topological polar surface area (TPSA) is 23.8 Å². The SMILES string of the molecule is C/C(=C\C(C)C#N)C(C)(C)C. The van der Waals surface area contributed by atoms with E-state index in [0.29, 0.717) is 0 Å². The van der Waals surface area contributed by atoms with Gasteiger partial charge in [-0.25, -0.2) is 0 Å². The van der Waals surface area contributed by atoms with E-state index in [1.807, 2.05) is 13.0 Å². The Morgan fingerprint density at radius 3 is 2.18 bits per heavy atom. The summed E-state index contributed by atoms with van der Waals surface area (Å²) in [4.78, 5) is 0. The second kappa shape index (κ2) is 3.57. The van der Waals surface area contributed by atoms with Crippen molar-refractivity contribution in [2.24, 2.45) is 11.3 Å². The van der Waals surface area contributed by atoms with Gasteiger partial charge in [-0.3, -0.25) is 0 Å². The van der Waals surface area contributed by atoms with Crippen LogP contribution in [0.15, 0.2) is 11.6 Å². The summed E-state index contributed by atoms with van der Waals surface area (Å²) in [6.07, 6.45) is 2.03. The van der Waals surface area contributed by atoms with Crippen LogP contribution in [0.5, 0.6) is 0 Å². The summed E-state index contributed by atoms with van der Waals surface area (Å²) in [6, 6.07) is 2.19. The minimum absolute atomic E-state index is 0.0363. The summed E-state index contributed by atoms with van der Waals surface area (Å²) in [7, 11) is 0. The number of rotatable bonds is 1. The maximum absolute atomic E-state index is 8.55. The minimum Gasteiger partial charge on any atom is -0.198 e. The highest BCUT2D eigenvalue weighted by atomic mass is 14.3. The summed E-state index contributed by atoms with van der Waals surface area (Å²) in [6.45, 7) is 10.5. The van der Waals surface area contributed by atoms with Crippen LogP contribution in [0.3, 0.4) is 0 Å². The number of nitrogens with zero attached hydrogens (tertiary/aromatic N) is 1. The summed E-state index contributed by atoms with van der Waals surface area (Å²) >= 11 is 0. The first-order valence-corrected chi connectivity index (χ1v) is 3.96. The van der Waals surface area contributed by atoms with Crippen molar-refractivity contribution in [3.63, 3.8) is 0 Å². The molecule has 0 saturated carbocycles. The van der Waals surface area contributed by atoms with Crippen LogP contribution < -0.4 is 0 Å². The molecule has 0 aliphatic heterocycles. The van der Waals surface area contributed by atoms with Crippen molar-refractivity contribution in [3.8, 4) is 6.07 Å². The summed E-state index contributed by atoms with van der Waals surface area (Å²) in [5, 5.41) is 8.55. The molecule has 0 aromatic rings. The minimum atomic E-state index is 0.0363. The fourth-order valence-electron chi connectivity index (χ4n) is 0.662. The van der Waals surface area contributed by atoms with Gasteiger partial charge < -0.3 is 0 Å². The maximum atomic E-state index is 8.55. The van der Waals surface area contributed by atoms with E-state index in [2.05, 4.69) is 33.8 Å². The lowest BCUT2D eigenvalue weighted by molar-refractivity contribution is 0.499. The zero-order chi connectivity index (χ0) is 9.07. The first-order chi connectivity index (χ1) is 4.88. The van der Waals surface area contributed by atoms with Gasteiger partial charge in [-0.2, -0.15) is 5.26 Å². The van der Waals surface area contributed by atoms with Crippen molar-refractivity contribution >= 4 is 0 Å². The monoisotopic (exact) mass is 151 g/mol. The molecule has 1 unspecified atom stereocenters. The molecule has 62 valence electrons. The summed E-state index contributed by atoms with van der Waals surface area (Å²) in [5.74, 6) is 0.0363. The quantitative estimate of drug-likeness (QED) is 0.528. The molecule has 0 saturated heterocycles. The highest BCUT2D eigenvalue weighted by molar-refractivity contribution is 5.12. The van der Waals surface area contributed by atoms with Gasteiger partial charge in [0, 0.05) is 0 Å². The molecular weight excluding hydrogens is 134 g/mol. The third kappa shape index (κ3) is 3.83. The lowest BCUT2D eigenvalue weighted by Gasteiger charge is -2.19. The Balaban J connectivity index is 4.37. The van der Waals surface area contributed by atoms with Crippen molar-refractivity contribution in [1.82, 2.24) is 0 Å². The van der Waals surface area contributed by atoms with Crippen LogP contribution in [0.4, 0.5) is 0 Å². The Morgan fingerprint density at radius 1 is 1.45 bits per heavy atom. The first kappa shape index (κ1) is 10.2. The highest BCUT2D eigenvalue weighted by Gasteiger charge is 2.12. The van der Waals surface area contributed by atoms with Gasteiger partial charge in [0.05, 0.1) is 12.0 Å². The van der Waals surface area contributed by atoms with E-state index in [1.54, 1.807) is 0 Å². The number of allylic oxidation sites excluding steroid dienone is 2. The Morgan fingerprint density at radius 2 is 1.91 bits per heavy atom. The lowest BCUT2D eigenvalue weighted by Crippen LogP contribution is -2.07. The standard InChI is InChI=1S/C10H17N/c1-8(7-11)6-9(2)10(3,4)5/h6,8H,1-5H3/b9-6+. The van der Waals surface area contributed by atoms with E-state index in [-0.39, 0.29) is 11.3 Å². The van der Waals surface area contributed by atoms with Crippen molar-refractivity contribution < 1.29 is 0 Å². The molecule has 0 spiro atoms. The van der Waals surface area contributed by atoms with Crippen molar-refractivity contribution in [2.75, 3.05) is 0 Å². The molecule has 1 atom stereocenters. The predicted octanol–water partition coefficient (Wildman–Crippen LogP) is 3.14. The average molecular weight is 151 g/mol. The van der Waals surface area contributed by atoms with Crippen LogP contribution in [-0.2, 0) is 0 Å². The van der Waals surface area contributed by atoms with E-state index in [9.17, 15) is 0 Å². The largest absolute Gasteiger partial charge is 0.198 e. The van der Waals surface area contributed by atoms with Gasteiger partial charge in [0.2, 0.25) is 0 Å². The Kier molecular flexibility index (Phi) is 3.32. The van der Waals surface area contributed by atoms with Gasteiger partial charge in [0.25, 0.3) is 0 Å². The Bertz CT molecular complexity index is 188. The molecule has 0 aromatic carbocycles. The third-order valence-corrected chi connectivity index (χ3v) is 1.89. The van der Waals surface area contributed by atoms with Crippen LogP contribution in [0.2, 0.25) is 0 Å². The molecule has 0 aromatic heterocycles. The van der Waals surface area contributed by atoms with E-state index in [4.69, 9.17) is 5.26 Å². The normalized spacial score (nSPS) is 15.8. The molecular formula is C10H17N. The van der Waals surface area contributed by atoms with E-state index >= 15 is 0 Å². The van der Waals surface area contributed by atoms with Crippen molar-refractivity contribution in [3.05, 3.63) is 11.6 Å². The molecule has 0 rings (SSSR count). The van der Waals surface area contributed by atoms with Gasteiger partial charge in [0.1, 0.15) is 0 Å². The molecule has 0 aliphatic rings. The Hall–Kier alpha value is -0.770. The van der Waals surface area contributed by atoms with Gasteiger partial charge in [-0.15, -0.1) is 0 Å². The van der Waals surface area contributed by atoms with Crippen molar-refractivity contribution in [1.29, 1.82) is 5.26 Å². The number of hydrogen-bond acceptors (Lipinski definition) is 1. The molecule has 0 radical (unpaired) electrons. The van der Waals surface area contributed by atoms with Gasteiger partial charge in [-0.1, -0.05) is 32.4 Å². The van der Waals surface area contributed by atoms with Crippen LogP contribution in [0.25, 0.3) is 0 Å². The third-order valence-electron chi connectivity index (χ3n) is 1.89. The predicted molar refractivity (Wildman–Crippen MR) is 48.0 cm³/mol. The molecule has 0 amide bonds. The fourth-order valence-corrected chi connectivity index (χ4v) is 0.662. The smallest absolute Gasteiger partial charge is 0.0694 e. The number of nitriles is 1. The molecule has 1 nitrogen and oxygen atoms in total. The van der Waals surface area contributed by atoms with Gasteiger partial charge >= 0.3 is 0 Å².